The van der Waals surface area contributed by atoms with Crippen molar-refractivity contribution in [3.8, 4) is 17.0 Å². The zero-order chi connectivity index (χ0) is 24.6. The quantitative estimate of drug-likeness (QED) is 0.238. The highest BCUT2D eigenvalue weighted by Gasteiger charge is 2.08. The maximum atomic E-state index is 12.4. The number of primary amides is 1. The number of carbonyl (C=O) groups excluding carboxylic acids is 2. The van der Waals surface area contributed by atoms with Crippen LogP contribution < -0.4 is 21.2 Å². The van der Waals surface area contributed by atoms with Gasteiger partial charge in [0, 0.05) is 22.2 Å². The number of aromatic nitrogens is 1. The molecule has 0 spiro atoms. The lowest BCUT2D eigenvalue weighted by atomic mass is 10.1. The van der Waals surface area contributed by atoms with Gasteiger partial charge in [0.1, 0.15) is 5.75 Å². The molecule has 8 nitrogen and oxygen atoms in total. The van der Waals surface area contributed by atoms with Crippen LogP contribution in [0.5, 0.6) is 5.75 Å². The Labute approximate surface area is 206 Å². The van der Waals surface area contributed by atoms with E-state index in [9.17, 15) is 9.59 Å². The van der Waals surface area contributed by atoms with Gasteiger partial charge in [0.15, 0.2) is 11.7 Å². The molecule has 0 aliphatic heterocycles. The van der Waals surface area contributed by atoms with E-state index in [1.807, 2.05) is 48.7 Å². The van der Waals surface area contributed by atoms with Crippen LogP contribution in [0, 0.1) is 6.92 Å². The first kappa shape index (κ1) is 23.7. The van der Waals surface area contributed by atoms with E-state index >= 15 is 0 Å². The molecule has 35 heavy (non-hydrogen) atoms. The first-order valence-electron chi connectivity index (χ1n) is 10.7. The number of hydrogen-bond donors (Lipinski definition) is 3. The van der Waals surface area contributed by atoms with Crippen molar-refractivity contribution in [3.05, 3.63) is 94.9 Å². The predicted octanol–water partition coefficient (Wildman–Crippen LogP) is 4.49. The molecular formula is C26H23N5O3S. The zero-order valence-corrected chi connectivity index (χ0v) is 19.7. The fourth-order valence-electron chi connectivity index (χ4n) is 3.05. The second kappa shape index (κ2) is 11.1. The molecule has 0 bridgehead atoms. The lowest BCUT2D eigenvalue weighted by Crippen LogP contribution is -2.20. The molecule has 0 saturated carbocycles. The molecule has 0 radical (unpaired) electrons. The van der Waals surface area contributed by atoms with Gasteiger partial charge < -0.3 is 15.8 Å². The van der Waals surface area contributed by atoms with Crippen LogP contribution >= 0.6 is 11.3 Å². The third-order valence-corrected chi connectivity index (χ3v) is 5.65. The molecule has 9 heteroatoms. The third kappa shape index (κ3) is 6.75. The van der Waals surface area contributed by atoms with Crippen LogP contribution in [0.15, 0.2) is 83.3 Å². The van der Waals surface area contributed by atoms with E-state index in [4.69, 9.17) is 10.5 Å². The number of nitrogens with zero attached hydrogens (tertiary/aromatic N) is 2. The van der Waals surface area contributed by atoms with Crippen molar-refractivity contribution in [2.75, 3.05) is 11.9 Å². The molecule has 4 N–H and O–H groups in total. The molecule has 0 aliphatic rings. The van der Waals surface area contributed by atoms with Gasteiger partial charge in [0.2, 0.25) is 0 Å². The van der Waals surface area contributed by atoms with Crippen molar-refractivity contribution >= 4 is 40.2 Å². The summed E-state index contributed by atoms with van der Waals surface area (Å²) < 4.78 is 5.20. The highest BCUT2D eigenvalue weighted by molar-refractivity contribution is 7.14. The van der Waals surface area contributed by atoms with Crippen molar-refractivity contribution in [1.29, 1.82) is 0 Å². The summed E-state index contributed by atoms with van der Waals surface area (Å²) in [5.74, 6) is -0.352. The molecule has 0 aliphatic carbocycles. The maximum Gasteiger partial charge on any atom is 0.271 e. The number of amides is 2. The molecule has 2 amide bonds. The number of thiazole rings is 1. The normalized spacial score (nSPS) is 10.8. The van der Waals surface area contributed by atoms with Gasteiger partial charge in [-0.1, -0.05) is 29.8 Å². The zero-order valence-electron chi connectivity index (χ0n) is 18.9. The van der Waals surface area contributed by atoms with Crippen LogP contribution in [0.3, 0.4) is 0 Å². The van der Waals surface area contributed by atoms with Crippen molar-refractivity contribution in [1.82, 2.24) is 10.4 Å². The van der Waals surface area contributed by atoms with Gasteiger partial charge in [0.25, 0.3) is 11.8 Å². The van der Waals surface area contributed by atoms with Crippen molar-refractivity contribution in [2.45, 2.75) is 6.92 Å². The summed E-state index contributed by atoms with van der Waals surface area (Å²) in [5.41, 5.74) is 12.7. The summed E-state index contributed by atoms with van der Waals surface area (Å²) in [4.78, 5) is 27.8. The molecule has 0 saturated heterocycles. The number of hydrazone groups is 1. The van der Waals surface area contributed by atoms with E-state index in [-0.39, 0.29) is 12.5 Å². The molecule has 0 fully saturated rings. The second-order valence-electron chi connectivity index (χ2n) is 7.63. The minimum absolute atomic E-state index is 0.184. The molecule has 1 aromatic heterocycles. The Morgan fingerprint density at radius 2 is 1.74 bits per heavy atom. The maximum absolute atomic E-state index is 12.4. The summed E-state index contributed by atoms with van der Waals surface area (Å²) in [5, 5.41) is 10.1. The number of anilines is 2. The van der Waals surface area contributed by atoms with Crippen molar-refractivity contribution in [3.63, 3.8) is 0 Å². The number of nitrogens with two attached hydrogens (primary N) is 1. The molecule has 0 atom stereocenters. The van der Waals surface area contributed by atoms with Gasteiger partial charge in [-0.15, -0.1) is 11.3 Å². The summed E-state index contributed by atoms with van der Waals surface area (Å²) in [6, 6.07) is 22.2. The molecule has 4 rings (SSSR count). The van der Waals surface area contributed by atoms with Crippen LogP contribution in [0.2, 0.25) is 0 Å². The van der Waals surface area contributed by atoms with Gasteiger partial charge in [-0.3, -0.25) is 9.59 Å². The Bertz CT molecular complexity index is 1330. The highest BCUT2D eigenvalue weighted by atomic mass is 32.1. The summed E-state index contributed by atoms with van der Waals surface area (Å²) in [6.07, 6.45) is 1.52. The lowest BCUT2D eigenvalue weighted by molar-refractivity contribution is -0.119. The van der Waals surface area contributed by atoms with Crippen molar-refractivity contribution in [2.24, 2.45) is 10.8 Å². The summed E-state index contributed by atoms with van der Waals surface area (Å²) in [6.45, 7) is 1.86. The molecule has 0 unspecified atom stereocenters. The van der Waals surface area contributed by atoms with Crippen LogP contribution in [-0.2, 0) is 4.79 Å². The van der Waals surface area contributed by atoms with Gasteiger partial charge in [-0.2, -0.15) is 5.10 Å². The molecule has 4 aromatic rings. The smallest absolute Gasteiger partial charge is 0.271 e. The van der Waals surface area contributed by atoms with Crippen LogP contribution in [0.25, 0.3) is 11.3 Å². The van der Waals surface area contributed by atoms with Gasteiger partial charge >= 0.3 is 0 Å². The molecular weight excluding hydrogens is 462 g/mol. The minimum Gasteiger partial charge on any atom is -0.484 e. The number of aryl methyl sites for hydroxylation is 1. The minimum atomic E-state index is -0.544. The Hall–Kier alpha value is -4.50. The Balaban J connectivity index is 1.31. The highest BCUT2D eigenvalue weighted by Crippen LogP contribution is 2.27. The fraction of sp³-hybridized carbons (Fsp3) is 0.0769. The average molecular weight is 486 g/mol. The van der Waals surface area contributed by atoms with E-state index in [0.717, 1.165) is 27.6 Å². The topological polar surface area (TPSA) is 119 Å². The van der Waals surface area contributed by atoms with Crippen LogP contribution in [0.4, 0.5) is 10.8 Å². The average Bonchev–Trinajstić information content (AvgIpc) is 3.33. The molecule has 176 valence electrons. The van der Waals surface area contributed by atoms with Gasteiger partial charge in [-0.25, -0.2) is 10.4 Å². The van der Waals surface area contributed by atoms with E-state index in [0.29, 0.717) is 11.3 Å². The lowest BCUT2D eigenvalue weighted by Gasteiger charge is -2.04. The fourth-order valence-corrected chi connectivity index (χ4v) is 3.79. The Morgan fingerprint density at radius 3 is 2.43 bits per heavy atom. The number of rotatable bonds is 9. The van der Waals surface area contributed by atoms with Gasteiger partial charge in [-0.05, 0) is 61.0 Å². The summed E-state index contributed by atoms with van der Waals surface area (Å²) in [7, 11) is 0. The monoisotopic (exact) mass is 485 g/mol. The van der Waals surface area contributed by atoms with Crippen LogP contribution in [-0.4, -0.2) is 29.6 Å². The molecule has 3 aromatic carbocycles. The number of ether oxygens (including phenoxy) is 1. The van der Waals surface area contributed by atoms with E-state index in [1.54, 1.807) is 36.4 Å². The Morgan fingerprint density at radius 1 is 1.03 bits per heavy atom. The van der Waals surface area contributed by atoms with Crippen molar-refractivity contribution < 1.29 is 14.3 Å². The standard InChI is InChI=1S/C26H23N5O3S/c1-17-2-10-21(11-3-17)29-26-30-23(16-35-26)19-6-8-20(9-7-19)25(33)31-28-14-18-4-12-22(13-5-18)34-15-24(27)32/h2-14,16H,15H2,1H3,(H2,27,32)(H,29,30)(H,31,33)/b28-14+. The van der Waals surface area contributed by atoms with Gasteiger partial charge in [0.05, 0.1) is 11.9 Å². The first-order chi connectivity index (χ1) is 17.0. The number of benzene rings is 3. The number of nitrogens with one attached hydrogen (secondary N) is 2. The number of carbonyl (C=O) groups is 2. The van der Waals surface area contributed by atoms with E-state index < -0.39 is 5.91 Å². The third-order valence-electron chi connectivity index (χ3n) is 4.89. The first-order valence-corrected chi connectivity index (χ1v) is 11.6. The SMILES string of the molecule is Cc1ccc(Nc2nc(-c3ccc(C(=O)N/N=C/c4ccc(OCC(N)=O)cc4)cc3)cs2)cc1. The number of hydrogen-bond acceptors (Lipinski definition) is 7. The largest absolute Gasteiger partial charge is 0.484 e. The predicted molar refractivity (Wildman–Crippen MR) is 138 cm³/mol. The van der Waals surface area contributed by atoms with E-state index in [2.05, 4.69) is 20.8 Å². The molecule has 1 heterocycles. The van der Waals surface area contributed by atoms with Crippen LogP contribution in [0.1, 0.15) is 21.5 Å². The second-order valence-corrected chi connectivity index (χ2v) is 8.49. The van der Waals surface area contributed by atoms with E-state index in [1.165, 1.54) is 23.1 Å². The summed E-state index contributed by atoms with van der Waals surface area (Å²) >= 11 is 1.52. The Kier molecular flexibility index (Phi) is 7.49.